The summed E-state index contributed by atoms with van der Waals surface area (Å²) in [5, 5.41) is 12.0. The van der Waals surface area contributed by atoms with Gasteiger partial charge in [-0.25, -0.2) is 0 Å². The van der Waals surface area contributed by atoms with E-state index in [9.17, 15) is 5.21 Å². The topological polar surface area (TPSA) is 23.5 Å². The molecule has 15 heavy (non-hydrogen) atoms. The maximum absolute atomic E-state index is 10.2. The molecule has 1 aliphatic carbocycles. The lowest BCUT2D eigenvalue weighted by Gasteiger charge is -2.47. The second-order valence-electron chi connectivity index (χ2n) is 5.54. The van der Waals surface area contributed by atoms with E-state index in [1.54, 1.807) is 5.06 Å². The van der Waals surface area contributed by atoms with E-state index >= 15 is 0 Å². The molecule has 1 saturated carbocycles. The van der Waals surface area contributed by atoms with Gasteiger partial charge in [-0.3, -0.25) is 0 Å². The number of fused-ring (bicyclic) bond motifs is 1. The molecular weight excluding hydrogens is 186 g/mol. The number of rotatable bonds is 2. The van der Waals surface area contributed by atoms with Crippen LogP contribution in [0.3, 0.4) is 0 Å². The first-order valence-corrected chi connectivity index (χ1v) is 6.71. The first-order chi connectivity index (χ1) is 7.24. The number of hydroxylamine groups is 2. The Labute approximate surface area is 93.6 Å². The summed E-state index contributed by atoms with van der Waals surface area (Å²) in [7, 11) is 0. The van der Waals surface area contributed by atoms with E-state index in [-0.39, 0.29) is 0 Å². The smallest absolute Gasteiger partial charge is 0.0384 e. The number of piperidine rings is 1. The molecular formula is C13H25NO. The lowest BCUT2D eigenvalue weighted by Crippen LogP contribution is -2.52. The molecule has 2 aliphatic rings. The molecule has 2 heteroatoms. The van der Waals surface area contributed by atoms with Crippen molar-refractivity contribution in [3.8, 4) is 0 Å². The largest absolute Gasteiger partial charge is 0.313 e. The second kappa shape index (κ2) is 4.84. The van der Waals surface area contributed by atoms with Crippen LogP contribution in [0.5, 0.6) is 0 Å². The van der Waals surface area contributed by atoms with Crippen molar-refractivity contribution < 1.29 is 5.21 Å². The van der Waals surface area contributed by atoms with Gasteiger partial charge in [0.15, 0.2) is 0 Å². The van der Waals surface area contributed by atoms with Gasteiger partial charge in [-0.1, -0.05) is 33.1 Å². The van der Waals surface area contributed by atoms with Crippen LogP contribution in [0, 0.1) is 11.8 Å². The average molecular weight is 211 g/mol. The van der Waals surface area contributed by atoms with Gasteiger partial charge in [0.25, 0.3) is 0 Å². The zero-order valence-corrected chi connectivity index (χ0v) is 10.2. The lowest BCUT2D eigenvalue weighted by atomic mass is 9.71. The summed E-state index contributed by atoms with van der Waals surface area (Å²) in [5.74, 6) is 1.58. The van der Waals surface area contributed by atoms with E-state index < -0.39 is 0 Å². The van der Waals surface area contributed by atoms with Gasteiger partial charge in [-0.15, -0.1) is 0 Å². The van der Waals surface area contributed by atoms with Crippen molar-refractivity contribution in [3.63, 3.8) is 0 Å². The molecule has 88 valence electrons. The molecule has 0 unspecified atom stereocenters. The maximum Gasteiger partial charge on any atom is 0.0384 e. The third kappa shape index (κ3) is 2.21. The van der Waals surface area contributed by atoms with Crippen molar-refractivity contribution in [2.45, 2.75) is 70.9 Å². The summed E-state index contributed by atoms with van der Waals surface area (Å²) in [6.07, 6.45) is 8.78. The van der Waals surface area contributed by atoms with E-state index in [1.165, 1.54) is 38.5 Å². The molecule has 0 spiro atoms. The highest BCUT2D eigenvalue weighted by Gasteiger charge is 2.40. The summed E-state index contributed by atoms with van der Waals surface area (Å²) in [6.45, 7) is 4.58. The fraction of sp³-hybridized carbons (Fsp3) is 1.00. The molecule has 2 fully saturated rings. The maximum atomic E-state index is 10.2. The molecule has 2 nitrogen and oxygen atoms in total. The minimum Gasteiger partial charge on any atom is -0.313 e. The molecule has 0 radical (unpaired) electrons. The van der Waals surface area contributed by atoms with Gasteiger partial charge in [0.2, 0.25) is 0 Å². The van der Waals surface area contributed by atoms with Gasteiger partial charge in [-0.05, 0) is 37.5 Å². The normalized spacial score (nSPS) is 42.6. The Bertz CT molecular complexity index is 207. The summed E-state index contributed by atoms with van der Waals surface area (Å²) >= 11 is 0. The monoisotopic (exact) mass is 211 g/mol. The van der Waals surface area contributed by atoms with Gasteiger partial charge < -0.3 is 5.21 Å². The van der Waals surface area contributed by atoms with Crippen LogP contribution in [-0.2, 0) is 0 Å². The lowest BCUT2D eigenvalue weighted by molar-refractivity contribution is -0.207. The third-order valence-corrected chi connectivity index (χ3v) is 4.55. The highest BCUT2D eigenvalue weighted by Crippen LogP contribution is 2.40. The van der Waals surface area contributed by atoms with Crippen molar-refractivity contribution in [2.75, 3.05) is 0 Å². The van der Waals surface area contributed by atoms with Crippen molar-refractivity contribution in [2.24, 2.45) is 11.8 Å². The van der Waals surface area contributed by atoms with E-state index in [1.807, 2.05) is 0 Å². The predicted molar refractivity (Wildman–Crippen MR) is 61.8 cm³/mol. The summed E-state index contributed by atoms with van der Waals surface area (Å²) in [5.41, 5.74) is 0. The molecule has 2 rings (SSSR count). The minimum absolute atomic E-state index is 0.446. The number of hydrogen-bond acceptors (Lipinski definition) is 2. The number of hydrogen-bond donors (Lipinski definition) is 1. The Morgan fingerprint density at radius 2 is 2.00 bits per heavy atom. The Balaban J connectivity index is 2.01. The van der Waals surface area contributed by atoms with E-state index in [4.69, 9.17) is 0 Å². The van der Waals surface area contributed by atoms with Gasteiger partial charge >= 0.3 is 0 Å². The molecule has 1 heterocycles. The summed E-state index contributed by atoms with van der Waals surface area (Å²) in [6, 6.07) is 0.917. The van der Waals surface area contributed by atoms with Gasteiger partial charge in [0.05, 0.1) is 0 Å². The molecule has 0 bridgehead atoms. The average Bonchev–Trinajstić information content (AvgIpc) is 2.23. The van der Waals surface area contributed by atoms with Gasteiger partial charge in [0, 0.05) is 12.1 Å². The van der Waals surface area contributed by atoms with Crippen LogP contribution in [0.4, 0.5) is 0 Å². The van der Waals surface area contributed by atoms with E-state index in [0.717, 1.165) is 18.3 Å². The summed E-state index contributed by atoms with van der Waals surface area (Å²) < 4.78 is 0. The van der Waals surface area contributed by atoms with Crippen LogP contribution < -0.4 is 0 Å². The molecule has 1 N–H and O–H groups in total. The SMILES string of the molecule is CCC[C@H]1CC[C@H]2[C@H](C)CCC[C@H]2N1O. The molecule has 0 aromatic heterocycles. The van der Waals surface area contributed by atoms with Crippen molar-refractivity contribution in [1.29, 1.82) is 0 Å². The van der Waals surface area contributed by atoms with E-state index in [2.05, 4.69) is 13.8 Å². The van der Waals surface area contributed by atoms with Crippen molar-refractivity contribution in [3.05, 3.63) is 0 Å². The second-order valence-corrected chi connectivity index (χ2v) is 5.54. The van der Waals surface area contributed by atoms with Crippen LogP contribution in [0.15, 0.2) is 0 Å². The predicted octanol–water partition coefficient (Wildman–Crippen LogP) is 3.44. The fourth-order valence-electron chi connectivity index (χ4n) is 3.66. The van der Waals surface area contributed by atoms with Crippen molar-refractivity contribution >= 4 is 0 Å². The Morgan fingerprint density at radius 3 is 2.73 bits per heavy atom. The minimum atomic E-state index is 0.446. The van der Waals surface area contributed by atoms with Crippen LogP contribution in [0.25, 0.3) is 0 Å². The van der Waals surface area contributed by atoms with Crippen molar-refractivity contribution in [1.82, 2.24) is 5.06 Å². The fourth-order valence-corrected chi connectivity index (χ4v) is 3.66. The molecule has 0 aromatic carbocycles. The standard InChI is InChI=1S/C13H25NO/c1-3-5-11-8-9-12-10(2)6-4-7-13(12)14(11)15/h10-13,15H,3-9H2,1-2H3/t10-,11+,12+,13-/m1/s1. The Kier molecular flexibility index (Phi) is 3.68. The highest BCUT2D eigenvalue weighted by molar-refractivity contribution is 4.90. The molecule has 4 atom stereocenters. The first kappa shape index (κ1) is 11.4. The Morgan fingerprint density at radius 1 is 1.20 bits per heavy atom. The third-order valence-electron chi connectivity index (χ3n) is 4.55. The molecule has 1 aliphatic heterocycles. The van der Waals surface area contributed by atoms with E-state index in [0.29, 0.717) is 12.1 Å². The zero-order valence-electron chi connectivity index (χ0n) is 10.2. The van der Waals surface area contributed by atoms with Crippen LogP contribution >= 0.6 is 0 Å². The van der Waals surface area contributed by atoms with Crippen LogP contribution in [-0.4, -0.2) is 22.4 Å². The van der Waals surface area contributed by atoms with Crippen LogP contribution in [0.1, 0.15) is 58.8 Å². The number of nitrogens with zero attached hydrogens (tertiary/aromatic N) is 1. The van der Waals surface area contributed by atoms with Gasteiger partial charge in [-0.2, -0.15) is 5.06 Å². The Hall–Kier alpha value is -0.0800. The van der Waals surface area contributed by atoms with Crippen LogP contribution in [0.2, 0.25) is 0 Å². The van der Waals surface area contributed by atoms with Gasteiger partial charge in [0.1, 0.15) is 0 Å². The molecule has 1 saturated heterocycles. The molecule has 0 aromatic rings. The molecule has 0 amide bonds. The first-order valence-electron chi connectivity index (χ1n) is 6.71. The highest BCUT2D eigenvalue weighted by atomic mass is 16.5. The zero-order chi connectivity index (χ0) is 10.8. The summed E-state index contributed by atoms with van der Waals surface area (Å²) in [4.78, 5) is 0. The quantitative estimate of drug-likeness (QED) is 0.756.